The molecule has 0 spiro atoms. The van der Waals surface area contributed by atoms with Gasteiger partial charge in [-0.25, -0.2) is 4.98 Å². The maximum absolute atomic E-state index is 12.6. The van der Waals surface area contributed by atoms with E-state index in [0.29, 0.717) is 28.9 Å². The van der Waals surface area contributed by atoms with Gasteiger partial charge >= 0.3 is 0 Å². The zero-order chi connectivity index (χ0) is 23.2. The molecular formula is C27H25N3O3. The second-order valence-corrected chi connectivity index (χ2v) is 7.80. The molecule has 0 fully saturated rings. The number of nitrogens with one attached hydrogen (secondary N) is 1. The van der Waals surface area contributed by atoms with E-state index >= 15 is 0 Å². The minimum absolute atomic E-state index is 0.170. The van der Waals surface area contributed by atoms with E-state index in [1.54, 1.807) is 31.5 Å². The first-order chi connectivity index (χ1) is 16.0. The van der Waals surface area contributed by atoms with Crippen LogP contribution in [-0.2, 0) is 0 Å². The Hall–Kier alpha value is -4.19. The number of nitrogens with zero attached hydrogens (tertiary/aromatic N) is 2. The van der Waals surface area contributed by atoms with Gasteiger partial charge in [-0.3, -0.25) is 4.79 Å². The third-order valence-corrected chi connectivity index (χ3v) is 5.15. The molecule has 4 aromatic rings. The van der Waals surface area contributed by atoms with Crippen molar-refractivity contribution in [1.29, 1.82) is 0 Å². The summed E-state index contributed by atoms with van der Waals surface area (Å²) in [5.41, 5.74) is 3.33. The molecule has 0 aliphatic rings. The lowest BCUT2D eigenvalue weighted by Gasteiger charge is -2.09. The molecule has 0 unspecified atom stereocenters. The number of ether oxygens (including phenoxy) is 2. The zero-order valence-corrected chi connectivity index (χ0v) is 18.8. The quantitative estimate of drug-likeness (QED) is 0.365. The number of hydrogen-bond acceptors (Lipinski definition) is 5. The highest BCUT2D eigenvalue weighted by Crippen LogP contribution is 2.24. The van der Waals surface area contributed by atoms with Gasteiger partial charge in [0.25, 0.3) is 5.91 Å². The minimum Gasteiger partial charge on any atom is -0.497 e. The van der Waals surface area contributed by atoms with Gasteiger partial charge in [-0.1, -0.05) is 38.1 Å². The van der Waals surface area contributed by atoms with Gasteiger partial charge < -0.3 is 14.8 Å². The summed E-state index contributed by atoms with van der Waals surface area (Å²) in [6.07, 6.45) is 1.64. The van der Waals surface area contributed by atoms with Crippen molar-refractivity contribution < 1.29 is 14.3 Å². The monoisotopic (exact) mass is 439 g/mol. The number of aromatic nitrogens is 2. The van der Waals surface area contributed by atoms with Crippen molar-refractivity contribution in [2.24, 2.45) is 0 Å². The van der Waals surface area contributed by atoms with Crippen LogP contribution in [0.3, 0.4) is 0 Å². The number of methoxy groups -OCH3 is 1. The standard InChI is InChI=1S/C27H25N3O3/c1-18(2)19-8-10-22(11-9-19)29-27(31)21-6-4-20(5-7-21)26-28-17-16-25(30-26)33-24-14-12-23(32-3)13-15-24/h4-18H,1-3H3,(H,29,31). The SMILES string of the molecule is COc1ccc(Oc2ccnc(-c3ccc(C(=O)Nc4ccc(C(C)C)cc4)cc3)n2)cc1. The molecular weight excluding hydrogens is 414 g/mol. The van der Waals surface area contributed by atoms with Crippen LogP contribution in [0.4, 0.5) is 5.69 Å². The van der Waals surface area contributed by atoms with E-state index in [-0.39, 0.29) is 5.91 Å². The Morgan fingerprint density at radius 3 is 2.15 bits per heavy atom. The summed E-state index contributed by atoms with van der Waals surface area (Å²) < 4.78 is 11.0. The molecule has 0 saturated heterocycles. The average Bonchev–Trinajstić information content (AvgIpc) is 2.85. The summed E-state index contributed by atoms with van der Waals surface area (Å²) >= 11 is 0. The summed E-state index contributed by atoms with van der Waals surface area (Å²) in [5, 5.41) is 2.93. The van der Waals surface area contributed by atoms with Crippen molar-refractivity contribution in [3.05, 3.63) is 96.2 Å². The van der Waals surface area contributed by atoms with E-state index < -0.39 is 0 Å². The third-order valence-electron chi connectivity index (χ3n) is 5.15. The van der Waals surface area contributed by atoms with Crippen LogP contribution in [0.2, 0.25) is 0 Å². The van der Waals surface area contributed by atoms with E-state index in [9.17, 15) is 4.79 Å². The second kappa shape index (κ2) is 9.96. The molecule has 1 heterocycles. The van der Waals surface area contributed by atoms with Crippen molar-refractivity contribution in [3.63, 3.8) is 0 Å². The third kappa shape index (κ3) is 5.54. The van der Waals surface area contributed by atoms with Crippen molar-refractivity contribution >= 4 is 11.6 Å². The Bertz CT molecular complexity index is 1220. The van der Waals surface area contributed by atoms with Gasteiger partial charge in [-0.15, -0.1) is 0 Å². The molecule has 0 aliphatic heterocycles. The van der Waals surface area contributed by atoms with E-state index in [2.05, 4.69) is 29.1 Å². The normalized spacial score (nSPS) is 10.7. The summed E-state index contributed by atoms with van der Waals surface area (Å²) in [5.74, 6) is 2.62. The fourth-order valence-electron chi connectivity index (χ4n) is 3.23. The predicted octanol–water partition coefficient (Wildman–Crippen LogP) is 6.32. The van der Waals surface area contributed by atoms with Gasteiger partial charge in [0.15, 0.2) is 5.82 Å². The Morgan fingerprint density at radius 2 is 1.52 bits per heavy atom. The van der Waals surface area contributed by atoms with Crippen LogP contribution in [-0.4, -0.2) is 23.0 Å². The van der Waals surface area contributed by atoms with Gasteiger partial charge in [-0.2, -0.15) is 4.98 Å². The minimum atomic E-state index is -0.170. The molecule has 1 amide bonds. The van der Waals surface area contributed by atoms with Gasteiger partial charge in [0.05, 0.1) is 7.11 Å². The van der Waals surface area contributed by atoms with Crippen LogP contribution >= 0.6 is 0 Å². The molecule has 6 heteroatoms. The highest BCUT2D eigenvalue weighted by atomic mass is 16.5. The smallest absolute Gasteiger partial charge is 0.255 e. The van der Waals surface area contributed by atoms with Crippen molar-refractivity contribution in [1.82, 2.24) is 9.97 Å². The Balaban J connectivity index is 1.44. The van der Waals surface area contributed by atoms with Crippen LogP contribution < -0.4 is 14.8 Å². The predicted molar refractivity (Wildman–Crippen MR) is 129 cm³/mol. The molecule has 1 aromatic heterocycles. The molecule has 1 N–H and O–H groups in total. The number of hydrogen-bond donors (Lipinski definition) is 1. The molecule has 0 bridgehead atoms. The molecule has 166 valence electrons. The molecule has 0 radical (unpaired) electrons. The highest BCUT2D eigenvalue weighted by molar-refractivity contribution is 6.04. The Morgan fingerprint density at radius 1 is 0.848 bits per heavy atom. The molecule has 6 nitrogen and oxygen atoms in total. The number of carbonyl (C=O) groups excluding carboxylic acids is 1. The lowest BCUT2D eigenvalue weighted by molar-refractivity contribution is 0.102. The maximum atomic E-state index is 12.6. The maximum Gasteiger partial charge on any atom is 0.255 e. The molecule has 3 aromatic carbocycles. The first-order valence-electron chi connectivity index (χ1n) is 10.7. The topological polar surface area (TPSA) is 73.3 Å². The van der Waals surface area contributed by atoms with Gasteiger partial charge in [-0.05, 0) is 60.0 Å². The van der Waals surface area contributed by atoms with E-state index in [1.165, 1.54) is 5.56 Å². The van der Waals surface area contributed by atoms with E-state index in [0.717, 1.165) is 17.0 Å². The second-order valence-electron chi connectivity index (χ2n) is 7.80. The number of rotatable bonds is 7. The molecule has 0 aliphatic carbocycles. The Kier molecular flexibility index (Phi) is 6.64. The van der Waals surface area contributed by atoms with Crippen LogP contribution in [0.15, 0.2) is 85.1 Å². The summed E-state index contributed by atoms with van der Waals surface area (Å²) in [7, 11) is 1.62. The van der Waals surface area contributed by atoms with Crippen molar-refractivity contribution in [3.8, 4) is 28.8 Å². The number of benzene rings is 3. The van der Waals surface area contributed by atoms with Gasteiger partial charge in [0.2, 0.25) is 5.88 Å². The average molecular weight is 440 g/mol. The fraction of sp³-hybridized carbons (Fsp3) is 0.148. The molecule has 0 saturated carbocycles. The van der Waals surface area contributed by atoms with Gasteiger partial charge in [0, 0.05) is 29.1 Å². The zero-order valence-electron chi connectivity index (χ0n) is 18.8. The van der Waals surface area contributed by atoms with Crippen molar-refractivity contribution in [2.45, 2.75) is 19.8 Å². The van der Waals surface area contributed by atoms with Gasteiger partial charge in [0.1, 0.15) is 11.5 Å². The summed E-state index contributed by atoms with van der Waals surface area (Å²) in [6.45, 7) is 4.28. The van der Waals surface area contributed by atoms with E-state index in [1.807, 2.05) is 60.7 Å². The largest absolute Gasteiger partial charge is 0.497 e. The van der Waals surface area contributed by atoms with Crippen LogP contribution in [0, 0.1) is 0 Å². The number of anilines is 1. The Labute approximate surface area is 193 Å². The first-order valence-corrected chi connectivity index (χ1v) is 10.7. The fourth-order valence-corrected chi connectivity index (χ4v) is 3.23. The number of amides is 1. The lowest BCUT2D eigenvalue weighted by atomic mass is 10.0. The summed E-state index contributed by atoms with van der Waals surface area (Å²) in [4.78, 5) is 21.4. The molecule has 4 rings (SSSR count). The van der Waals surface area contributed by atoms with E-state index in [4.69, 9.17) is 9.47 Å². The van der Waals surface area contributed by atoms with Crippen molar-refractivity contribution in [2.75, 3.05) is 12.4 Å². The first kappa shape index (κ1) is 22.0. The number of carbonyl (C=O) groups is 1. The van der Waals surface area contributed by atoms with Crippen LogP contribution in [0.1, 0.15) is 35.7 Å². The molecule has 33 heavy (non-hydrogen) atoms. The lowest BCUT2D eigenvalue weighted by Crippen LogP contribution is -2.11. The van der Waals surface area contributed by atoms with Crippen LogP contribution in [0.25, 0.3) is 11.4 Å². The molecule has 0 atom stereocenters. The summed E-state index contributed by atoms with van der Waals surface area (Å²) in [6, 6.07) is 24.0. The highest BCUT2D eigenvalue weighted by Gasteiger charge is 2.09. The van der Waals surface area contributed by atoms with Crippen LogP contribution in [0.5, 0.6) is 17.4 Å².